The summed E-state index contributed by atoms with van der Waals surface area (Å²) in [5, 5.41) is 0. The highest BCUT2D eigenvalue weighted by molar-refractivity contribution is 6.02. The van der Waals surface area contributed by atoms with Crippen LogP contribution in [-0.4, -0.2) is 19.6 Å². The van der Waals surface area contributed by atoms with E-state index in [0.717, 1.165) is 19.6 Å². The summed E-state index contributed by atoms with van der Waals surface area (Å²) in [5.41, 5.74) is 14.1. The van der Waals surface area contributed by atoms with Crippen molar-refractivity contribution in [2.45, 2.75) is 142 Å². The molecule has 3 aliphatic rings. The van der Waals surface area contributed by atoms with Crippen LogP contribution >= 0.6 is 0 Å². The SMILES string of the molecule is CCCCCCCCN1c2cccc3c2C2(c4ccccc4)c4c1cccc4N(CCCCCCCC)c1cccc(c12)N3CCCCCCCC. The molecular formula is C49H65N3. The van der Waals surface area contributed by atoms with Gasteiger partial charge in [0.2, 0.25) is 0 Å². The van der Waals surface area contributed by atoms with Crippen LogP contribution in [0, 0.1) is 0 Å². The van der Waals surface area contributed by atoms with Crippen LogP contribution in [0.15, 0.2) is 84.9 Å². The fourth-order valence-electron chi connectivity index (χ4n) is 9.85. The van der Waals surface area contributed by atoms with Gasteiger partial charge in [-0.25, -0.2) is 0 Å². The predicted octanol–water partition coefficient (Wildman–Crippen LogP) is 14.5. The molecule has 0 fully saturated rings. The molecule has 0 N–H and O–H groups in total. The second-order valence-corrected chi connectivity index (χ2v) is 15.9. The van der Waals surface area contributed by atoms with E-state index in [2.05, 4.69) is 120 Å². The number of benzene rings is 4. The molecule has 0 saturated carbocycles. The maximum atomic E-state index is 2.74. The van der Waals surface area contributed by atoms with E-state index >= 15 is 0 Å². The second-order valence-electron chi connectivity index (χ2n) is 15.9. The van der Waals surface area contributed by atoms with Crippen molar-refractivity contribution in [2.24, 2.45) is 0 Å². The zero-order valence-corrected chi connectivity index (χ0v) is 32.8. The molecular weight excluding hydrogens is 631 g/mol. The Morgan fingerprint density at radius 1 is 0.327 bits per heavy atom. The maximum absolute atomic E-state index is 2.74. The molecule has 7 rings (SSSR count). The van der Waals surface area contributed by atoms with Crippen molar-refractivity contribution in [3.63, 3.8) is 0 Å². The van der Waals surface area contributed by atoms with Crippen LogP contribution in [0.1, 0.15) is 159 Å². The van der Waals surface area contributed by atoms with Crippen LogP contribution in [0.3, 0.4) is 0 Å². The third-order valence-corrected chi connectivity index (χ3v) is 12.3. The summed E-state index contributed by atoms with van der Waals surface area (Å²) in [4.78, 5) is 8.22. The highest BCUT2D eigenvalue weighted by Crippen LogP contribution is 2.69. The monoisotopic (exact) mass is 696 g/mol. The van der Waals surface area contributed by atoms with Crippen molar-refractivity contribution in [2.75, 3.05) is 34.3 Å². The van der Waals surface area contributed by atoms with Crippen LogP contribution in [-0.2, 0) is 5.41 Å². The van der Waals surface area contributed by atoms with Crippen LogP contribution in [0.4, 0.5) is 34.1 Å². The molecule has 4 aromatic rings. The summed E-state index contributed by atoms with van der Waals surface area (Å²) in [6.07, 6.45) is 23.6. The van der Waals surface area contributed by atoms with Gasteiger partial charge in [0.1, 0.15) is 0 Å². The molecule has 0 atom stereocenters. The molecule has 0 aliphatic carbocycles. The quantitative estimate of drug-likeness (QED) is 0.0758. The number of hydrogen-bond donors (Lipinski definition) is 0. The minimum absolute atomic E-state index is 0.363. The largest absolute Gasteiger partial charge is 0.341 e. The van der Waals surface area contributed by atoms with Gasteiger partial charge in [-0.1, -0.05) is 166 Å². The average Bonchev–Trinajstić information content (AvgIpc) is 3.18. The maximum Gasteiger partial charge on any atom is 0.0824 e. The Morgan fingerprint density at radius 3 is 0.923 bits per heavy atom. The summed E-state index contributed by atoms with van der Waals surface area (Å²) < 4.78 is 0. The van der Waals surface area contributed by atoms with Crippen LogP contribution < -0.4 is 14.7 Å². The molecule has 0 unspecified atom stereocenters. The van der Waals surface area contributed by atoms with Gasteiger partial charge in [0.05, 0.1) is 5.41 Å². The van der Waals surface area contributed by atoms with E-state index in [4.69, 9.17) is 0 Å². The van der Waals surface area contributed by atoms with E-state index in [1.54, 1.807) is 0 Å². The van der Waals surface area contributed by atoms with Crippen molar-refractivity contribution < 1.29 is 0 Å². The van der Waals surface area contributed by atoms with E-state index in [0.29, 0.717) is 0 Å². The van der Waals surface area contributed by atoms with E-state index in [9.17, 15) is 0 Å². The first-order valence-electron chi connectivity index (χ1n) is 21.6. The lowest BCUT2D eigenvalue weighted by Crippen LogP contribution is -2.48. The van der Waals surface area contributed by atoms with Crippen molar-refractivity contribution in [3.05, 3.63) is 107 Å². The molecule has 0 saturated heterocycles. The lowest BCUT2D eigenvalue weighted by Gasteiger charge is -2.56. The van der Waals surface area contributed by atoms with Crippen molar-refractivity contribution in [1.82, 2.24) is 0 Å². The fraction of sp³-hybridized carbons (Fsp3) is 0.510. The Morgan fingerprint density at radius 2 is 0.615 bits per heavy atom. The number of anilines is 6. The smallest absolute Gasteiger partial charge is 0.0824 e. The molecule has 3 heteroatoms. The summed E-state index contributed by atoms with van der Waals surface area (Å²) in [7, 11) is 0. The molecule has 52 heavy (non-hydrogen) atoms. The topological polar surface area (TPSA) is 9.72 Å². The van der Waals surface area contributed by atoms with Crippen LogP contribution in [0.5, 0.6) is 0 Å². The van der Waals surface area contributed by atoms with E-state index in [-0.39, 0.29) is 5.41 Å². The fourth-order valence-corrected chi connectivity index (χ4v) is 9.85. The molecule has 3 heterocycles. The Hall–Kier alpha value is -3.72. The molecule has 0 bridgehead atoms. The second kappa shape index (κ2) is 17.4. The first-order valence-corrected chi connectivity index (χ1v) is 21.6. The first kappa shape index (κ1) is 36.6. The molecule has 0 aromatic heterocycles. The lowest BCUT2D eigenvalue weighted by atomic mass is 9.57. The normalized spacial score (nSPS) is 14.6. The third-order valence-electron chi connectivity index (χ3n) is 12.3. The van der Waals surface area contributed by atoms with Gasteiger partial charge in [0, 0.05) is 70.4 Å². The number of hydrogen-bond acceptors (Lipinski definition) is 3. The van der Waals surface area contributed by atoms with Crippen molar-refractivity contribution >= 4 is 34.1 Å². The molecule has 4 aromatic carbocycles. The van der Waals surface area contributed by atoms with Gasteiger partial charge in [0.15, 0.2) is 0 Å². The zero-order chi connectivity index (χ0) is 35.8. The number of rotatable bonds is 22. The van der Waals surface area contributed by atoms with E-state index < -0.39 is 0 Å². The summed E-state index contributed by atoms with van der Waals surface area (Å²) in [5.74, 6) is 0. The highest BCUT2D eigenvalue weighted by atomic mass is 15.2. The molecule has 3 nitrogen and oxygen atoms in total. The van der Waals surface area contributed by atoms with Gasteiger partial charge >= 0.3 is 0 Å². The average molecular weight is 696 g/mol. The summed E-state index contributed by atoms with van der Waals surface area (Å²) >= 11 is 0. The van der Waals surface area contributed by atoms with Crippen molar-refractivity contribution in [1.29, 1.82) is 0 Å². The minimum Gasteiger partial charge on any atom is -0.341 e. The van der Waals surface area contributed by atoms with Gasteiger partial charge in [-0.05, 0) is 61.2 Å². The summed E-state index contributed by atoms with van der Waals surface area (Å²) in [6.45, 7) is 10.1. The molecule has 3 aliphatic heterocycles. The number of nitrogens with zero attached hydrogens (tertiary/aromatic N) is 3. The van der Waals surface area contributed by atoms with Crippen molar-refractivity contribution in [3.8, 4) is 0 Å². The first-order chi connectivity index (χ1) is 25.8. The molecule has 0 spiro atoms. The van der Waals surface area contributed by atoms with Gasteiger partial charge < -0.3 is 14.7 Å². The van der Waals surface area contributed by atoms with E-state index in [1.165, 1.54) is 172 Å². The minimum atomic E-state index is -0.363. The zero-order valence-electron chi connectivity index (χ0n) is 32.8. The van der Waals surface area contributed by atoms with Gasteiger partial charge in [-0.3, -0.25) is 0 Å². The Balaban J connectivity index is 1.39. The predicted molar refractivity (Wildman–Crippen MR) is 226 cm³/mol. The molecule has 0 amide bonds. The Labute approximate surface area is 316 Å². The number of unbranched alkanes of at least 4 members (excludes halogenated alkanes) is 15. The molecule has 0 radical (unpaired) electrons. The summed E-state index contributed by atoms with van der Waals surface area (Å²) in [6, 6.07) is 33.4. The van der Waals surface area contributed by atoms with Gasteiger partial charge in [-0.15, -0.1) is 0 Å². The van der Waals surface area contributed by atoms with Gasteiger partial charge in [-0.2, -0.15) is 0 Å². The molecule has 276 valence electrons. The lowest BCUT2D eigenvalue weighted by molar-refractivity contribution is 0.594. The van der Waals surface area contributed by atoms with Crippen LogP contribution in [0.2, 0.25) is 0 Å². The van der Waals surface area contributed by atoms with Crippen LogP contribution in [0.25, 0.3) is 0 Å². The third kappa shape index (κ3) is 6.78. The standard InChI is InChI=1S/C49H65N3/c1-4-7-10-13-16-22-36-50-40-30-25-32-42-46(40)49(39-28-20-19-21-29-39)47-41(50)31-26-33-43(47)52(38-24-18-15-12-9-6-3)45-35-27-34-44(48(45)49)51(42)37-23-17-14-11-8-5-2/h19-21,25-35H,4-18,22-24,36-38H2,1-3H3. The Kier molecular flexibility index (Phi) is 12.3. The van der Waals surface area contributed by atoms with E-state index in [1.807, 2.05) is 0 Å². The Bertz CT molecular complexity index is 1500. The van der Waals surface area contributed by atoms with Gasteiger partial charge in [0.25, 0.3) is 0 Å². The highest BCUT2D eigenvalue weighted by Gasteiger charge is 2.56.